The van der Waals surface area contributed by atoms with Crippen LogP contribution in [-0.2, 0) is 6.54 Å². The molecule has 0 aliphatic rings. The molecule has 0 saturated heterocycles. The Labute approximate surface area is 82.0 Å². The van der Waals surface area contributed by atoms with E-state index >= 15 is 0 Å². The van der Waals surface area contributed by atoms with Crippen molar-refractivity contribution in [3.05, 3.63) is 54.1 Å². The van der Waals surface area contributed by atoms with Crippen molar-refractivity contribution in [2.75, 3.05) is 0 Å². The smallest absolute Gasteiger partial charge is 0.185 e. The zero-order valence-electron chi connectivity index (χ0n) is 7.63. The average Bonchev–Trinajstić information content (AvgIpc) is 2.67. The fourth-order valence-electron chi connectivity index (χ4n) is 1.35. The van der Waals surface area contributed by atoms with Gasteiger partial charge in [0, 0.05) is 18.9 Å². The lowest BCUT2D eigenvalue weighted by molar-refractivity contribution is 0.111. The normalized spacial score (nSPS) is 10.0. The lowest BCUT2D eigenvalue weighted by Gasteiger charge is -2.03. The van der Waals surface area contributed by atoms with E-state index in [1.165, 1.54) is 0 Å². The van der Waals surface area contributed by atoms with E-state index in [1.54, 1.807) is 12.4 Å². The van der Waals surface area contributed by atoms with E-state index < -0.39 is 0 Å². The summed E-state index contributed by atoms with van der Waals surface area (Å²) in [5, 5.41) is 0. The maximum atomic E-state index is 10.6. The van der Waals surface area contributed by atoms with Crippen molar-refractivity contribution in [2.45, 2.75) is 6.54 Å². The summed E-state index contributed by atoms with van der Waals surface area (Å²) in [5.74, 6) is 0.467. The van der Waals surface area contributed by atoms with Gasteiger partial charge in [-0.15, -0.1) is 0 Å². The number of hydrogen-bond acceptors (Lipinski definition) is 2. The Morgan fingerprint density at radius 2 is 2.07 bits per heavy atom. The summed E-state index contributed by atoms with van der Waals surface area (Å²) in [6.07, 6.45) is 4.20. The quantitative estimate of drug-likeness (QED) is 0.684. The first-order valence-electron chi connectivity index (χ1n) is 4.40. The lowest BCUT2D eigenvalue weighted by atomic mass is 10.2. The molecule has 0 atom stereocenters. The molecule has 70 valence electrons. The molecule has 0 N–H and O–H groups in total. The number of rotatable bonds is 3. The highest BCUT2D eigenvalue weighted by atomic mass is 16.1. The first kappa shape index (κ1) is 8.69. The molecule has 1 aromatic carbocycles. The highest BCUT2D eigenvalue weighted by Gasteiger charge is 2.00. The molecule has 0 bridgehead atoms. The maximum Gasteiger partial charge on any atom is 0.185 e. The Balaban J connectivity index is 2.23. The Kier molecular flexibility index (Phi) is 2.40. The topological polar surface area (TPSA) is 34.9 Å². The molecule has 0 aliphatic carbocycles. The Bertz CT molecular complexity index is 420. The van der Waals surface area contributed by atoms with Gasteiger partial charge in [-0.05, 0) is 5.56 Å². The number of imidazole rings is 1. The molecule has 1 aromatic heterocycles. The summed E-state index contributed by atoms with van der Waals surface area (Å²) in [5.41, 5.74) is 1.16. The maximum absolute atomic E-state index is 10.6. The van der Waals surface area contributed by atoms with Crippen molar-refractivity contribution in [2.24, 2.45) is 0 Å². The fourth-order valence-corrected chi connectivity index (χ4v) is 1.35. The Morgan fingerprint density at radius 1 is 1.29 bits per heavy atom. The molecule has 0 aliphatic heterocycles. The zero-order chi connectivity index (χ0) is 9.80. The molecule has 0 saturated carbocycles. The van der Waals surface area contributed by atoms with Gasteiger partial charge in [0.25, 0.3) is 0 Å². The summed E-state index contributed by atoms with van der Waals surface area (Å²) in [6, 6.07) is 9.97. The zero-order valence-corrected chi connectivity index (χ0v) is 7.63. The molecule has 3 nitrogen and oxygen atoms in total. The van der Waals surface area contributed by atoms with Crippen molar-refractivity contribution in [1.82, 2.24) is 9.55 Å². The van der Waals surface area contributed by atoms with Crippen LogP contribution in [0, 0.1) is 0 Å². The van der Waals surface area contributed by atoms with Gasteiger partial charge in [0.05, 0.1) is 0 Å². The first-order valence-corrected chi connectivity index (χ1v) is 4.40. The van der Waals surface area contributed by atoms with Crippen LogP contribution in [-0.4, -0.2) is 15.8 Å². The minimum absolute atomic E-state index is 0.467. The molecular formula is C11H10N2O. The number of benzene rings is 1. The van der Waals surface area contributed by atoms with E-state index in [0.29, 0.717) is 12.4 Å². The van der Waals surface area contributed by atoms with Crippen LogP contribution in [0.2, 0.25) is 0 Å². The number of hydrogen-bond donors (Lipinski definition) is 0. The van der Waals surface area contributed by atoms with E-state index in [1.807, 2.05) is 34.9 Å². The van der Waals surface area contributed by atoms with Crippen LogP contribution in [0.4, 0.5) is 0 Å². The van der Waals surface area contributed by atoms with Crippen molar-refractivity contribution < 1.29 is 4.79 Å². The van der Waals surface area contributed by atoms with Crippen LogP contribution in [0.3, 0.4) is 0 Å². The molecule has 14 heavy (non-hydrogen) atoms. The lowest BCUT2D eigenvalue weighted by Crippen LogP contribution is -2.02. The number of carbonyl (C=O) groups excluding carboxylic acids is 1. The standard InChI is InChI=1S/C11H10N2O/c14-9-11-12-6-7-13(11)8-10-4-2-1-3-5-10/h1-7,9H,8H2. The van der Waals surface area contributed by atoms with Gasteiger partial charge in [-0.2, -0.15) is 0 Å². The van der Waals surface area contributed by atoms with Gasteiger partial charge in [0.2, 0.25) is 0 Å². The SMILES string of the molecule is O=Cc1nccn1Cc1ccccc1. The first-order chi connectivity index (χ1) is 6.90. The van der Waals surface area contributed by atoms with Crippen LogP contribution < -0.4 is 0 Å². The Hall–Kier alpha value is -1.90. The molecule has 0 amide bonds. The second-order valence-corrected chi connectivity index (χ2v) is 3.02. The summed E-state index contributed by atoms with van der Waals surface area (Å²) in [4.78, 5) is 14.5. The van der Waals surface area contributed by atoms with E-state index in [4.69, 9.17) is 0 Å². The average molecular weight is 186 g/mol. The van der Waals surface area contributed by atoms with Crippen molar-refractivity contribution in [1.29, 1.82) is 0 Å². The monoisotopic (exact) mass is 186 g/mol. The minimum Gasteiger partial charge on any atom is -0.324 e. The van der Waals surface area contributed by atoms with Gasteiger partial charge in [-0.3, -0.25) is 4.79 Å². The summed E-state index contributed by atoms with van der Waals surface area (Å²) >= 11 is 0. The number of nitrogens with zero attached hydrogens (tertiary/aromatic N) is 2. The van der Waals surface area contributed by atoms with Crippen LogP contribution >= 0.6 is 0 Å². The fraction of sp³-hybridized carbons (Fsp3) is 0.0909. The van der Waals surface area contributed by atoms with Crippen LogP contribution in [0.1, 0.15) is 16.2 Å². The number of aldehydes is 1. The van der Waals surface area contributed by atoms with Gasteiger partial charge in [-0.1, -0.05) is 30.3 Å². The number of aromatic nitrogens is 2. The largest absolute Gasteiger partial charge is 0.324 e. The summed E-state index contributed by atoms with van der Waals surface area (Å²) in [7, 11) is 0. The van der Waals surface area contributed by atoms with Crippen LogP contribution in [0.25, 0.3) is 0 Å². The van der Waals surface area contributed by atoms with Gasteiger partial charge in [0.1, 0.15) is 0 Å². The molecule has 1 heterocycles. The van der Waals surface area contributed by atoms with Crippen molar-refractivity contribution in [3.8, 4) is 0 Å². The minimum atomic E-state index is 0.467. The van der Waals surface area contributed by atoms with Crippen molar-refractivity contribution >= 4 is 6.29 Å². The van der Waals surface area contributed by atoms with Gasteiger partial charge in [0.15, 0.2) is 12.1 Å². The molecule has 2 aromatic rings. The van der Waals surface area contributed by atoms with Gasteiger partial charge >= 0.3 is 0 Å². The molecular weight excluding hydrogens is 176 g/mol. The second-order valence-electron chi connectivity index (χ2n) is 3.02. The molecule has 0 radical (unpaired) electrons. The highest BCUT2D eigenvalue weighted by molar-refractivity contribution is 5.69. The summed E-state index contributed by atoms with van der Waals surface area (Å²) in [6.45, 7) is 0.689. The van der Waals surface area contributed by atoms with Crippen LogP contribution in [0.5, 0.6) is 0 Å². The van der Waals surface area contributed by atoms with Crippen LogP contribution in [0.15, 0.2) is 42.7 Å². The third kappa shape index (κ3) is 1.71. The second kappa shape index (κ2) is 3.87. The van der Waals surface area contributed by atoms with Crippen molar-refractivity contribution in [3.63, 3.8) is 0 Å². The van der Waals surface area contributed by atoms with Gasteiger partial charge < -0.3 is 4.57 Å². The molecule has 0 fully saturated rings. The van der Waals surface area contributed by atoms with Gasteiger partial charge in [-0.25, -0.2) is 4.98 Å². The molecule has 0 spiro atoms. The predicted octanol–water partition coefficient (Wildman–Crippen LogP) is 1.74. The predicted molar refractivity (Wildman–Crippen MR) is 53.2 cm³/mol. The molecule has 0 unspecified atom stereocenters. The Morgan fingerprint density at radius 3 is 2.79 bits per heavy atom. The number of carbonyl (C=O) groups is 1. The third-order valence-corrected chi connectivity index (χ3v) is 2.05. The van der Waals surface area contributed by atoms with E-state index in [-0.39, 0.29) is 0 Å². The third-order valence-electron chi connectivity index (χ3n) is 2.05. The van der Waals surface area contributed by atoms with E-state index in [0.717, 1.165) is 11.8 Å². The van der Waals surface area contributed by atoms with E-state index in [2.05, 4.69) is 4.98 Å². The molecule has 3 heteroatoms. The molecule has 2 rings (SSSR count). The van der Waals surface area contributed by atoms with E-state index in [9.17, 15) is 4.79 Å². The highest BCUT2D eigenvalue weighted by Crippen LogP contribution is 2.03. The summed E-state index contributed by atoms with van der Waals surface area (Å²) < 4.78 is 1.82.